The average Bonchev–Trinajstić information content (AvgIpc) is 2.98. The number of amides is 1. The highest BCUT2D eigenvalue weighted by Gasteiger charge is 2.37. The third-order valence-corrected chi connectivity index (χ3v) is 4.89. The SMILES string of the molecule is COc1ccc(-c2ccc(CN3C(=O)C(=O)c4cc(OC(F)(F)F)ccc43)cc2)cc1. The molecule has 0 radical (unpaired) electrons. The topological polar surface area (TPSA) is 55.8 Å². The molecule has 5 nitrogen and oxygen atoms in total. The molecule has 0 unspecified atom stereocenters. The van der Waals surface area contributed by atoms with E-state index in [0.717, 1.165) is 34.6 Å². The summed E-state index contributed by atoms with van der Waals surface area (Å²) in [6, 6.07) is 18.3. The van der Waals surface area contributed by atoms with E-state index in [1.165, 1.54) is 11.0 Å². The summed E-state index contributed by atoms with van der Waals surface area (Å²) >= 11 is 0. The third-order valence-electron chi connectivity index (χ3n) is 4.89. The van der Waals surface area contributed by atoms with Gasteiger partial charge in [-0.25, -0.2) is 0 Å². The lowest BCUT2D eigenvalue weighted by molar-refractivity contribution is -0.274. The van der Waals surface area contributed by atoms with Crippen molar-refractivity contribution in [2.75, 3.05) is 12.0 Å². The largest absolute Gasteiger partial charge is 0.573 e. The zero-order chi connectivity index (χ0) is 22.2. The number of ether oxygens (including phenoxy) is 2. The normalized spacial score (nSPS) is 13.4. The van der Waals surface area contributed by atoms with E-state index in [4.69, 9.17) is 4.74 Å². The molecule has 0 saturated heterocycles. The molecule has 4 rings (SSSR count). The van der Waals surface area contributed by atoms with Crippen molar-refractivity contribution >= 4 is 17.4 Å². The van der Waals surface area contributed by atoms with Crippen molar-refractivity contribution in [3.8, 4) is 22.6 Å². The van der Waals surface area contributed by atoms with E-state index in [9.17, 15) is 22.8 Å². The van der Waals surface area contributed by atoms with E-state index in [0.29, 0.717) is 0 Å². The molecular weight excluding hydrogens is 411 g/mol. The number of hydrogen-bond donors (Lipinski definition) is 0. The van der Waals surface area contributed by atoms with Crippen molar-refractivity contribution in [1.29, 1.82) is 0 Å². The molecule has 1 amide bonds. The Bertz CT molecular complexity index is 1140. The molecule has 31 heavy (non-hydrogen) atoms. The fourth-order valence-electron chi connectivity index (χ4n) is 3.40. The first-order valence-corrected chi connectivity index (χ1v) is 9.24. The number of alkyl halides is 3. The van der Waals surface area contributed by atoms with Gasteiger partial charge in [-0.15, -0.1) is 13.2 Å². The molecule has 0 bridgehead atoms. The number of benzene rings is 3. The van der Waals surface area contributed by atoms with Gasteiger partial charge < -0.3 is 14.4 Å². The van der Waals surface area contributed by atoms with Gasteiger partial charge >= 0.3 is 6.36 Å². The van der Waals surface area contributed by atoms with E-state index in [-0.39, 0.29) is 17.8 Å². The Morgan fingerprint density at radius 1 is 0.839 bits per heavy atom. The van der Waals surface area contributed by atoms with Crippen LogP contribution >= 0.6 is 0 Å². The predicted octanol–water partition coefficient (Wildman–Crippen LogP) is 4.99. The standard InChI is InChI=1S/C23H16F3NO4/c1-30-17-8-6-16(7-9-17)15-4-2-14(3-5-15)13-27-20-11-10-18(31-23(24,25)26)12-19(20)21(28)22(27)29/h2-12H,13H2,1H3. The van der Waals surface area contributed by atoms with Crippen LogP contribution in [-0.2, 0) is 11.3 Å². The van der Waals surface area contributed by atoms with Crippen molar-refractivity contribution in [3.05, 3.63) is 77.9 Å². The van der Waals surface area contributed by atoms with Crippen molar-refractivity contribution in [1.82, 2.24) is 0 Å². The van der Waals surface area contributed by atoms with E-state index < -0.39 is 23.8 Å². The highest BCUT2D eigenvalue weighted by Crippen LogP contribution is 2.35. The molecule has 1 aliphatic rings. The number of hydrogen-bond acceptors (Lipinski definition) is 4. The maximum Gasteiger partial charge on any atom is 0.573 e. The van der Waals surface area contributed by atoms with Crippen LogP contribution in [0.2, 0.25) is 0 Å². The molecule has 1 aliphatic heterocycles. The Morgan fingerprint density at radius 3 is 2.00 bits per heavy atom. The number of ketones is 1. The van der Waals surface area contributed by atoms with Crippen LogP contribution in [0.4, 0.5) is 18.9 Å². The molecule has 8 heteroatoms. The molecule has 1 heterocycles. The summed E-state index contributed by atoms with van der Waals surface area (Å²) in [7, 11) is 1.59. The predicted molar refractivity (Wildman–Crippen MR) is 107 cm³/mol. The summed E-state index contributed by atoms with van der Waals surface area (Å²) in [6.07, 6.45) is -4.88. The minimum atomic E-state index is -4.88. The number of fused-ring (bicyclic) bond motifs is 1. The van der Waals surface area contributed by atoms with Crippen LogP contribution in [0.25, 0.3) is 11.1 Å². The van der Waals surface area contributed by atoms with Crippen LogP contribution in [0.15, 0.2) is 66.7 Å². The van der Waals surface area contributed by atoms with Crippen molar-refractivity contribution in [2.24, 2.45) is 0 Å². The number of Topliss-reactive ketones (excluding diaryl/α,β-unsaturated/α-hetero) is 1. The molecule has 0 aromatic heterocycles. The Balaban J connectivity index is 1.54. The second-order valence-corrected chi connectivity index (χ2v) is 6.87. The fraction of sp³-hybridized carbons (Fsp3) is 0.130. The second kappa shape index (κ2) is 7.79. The van der Waals surface area contributed by atoms with Crippen LogP contribution in [-0.4, -0.2) is 25.2 Å². The van der Waals surface area contributed by atoms with E-state index in [1.807, 2.05) is 48.5 Å². The maximum absolute atomic E-state index is 12.4. The van der Waals surface area contributed by atoms with Gasteiger partial charge in [-0.1, -0.05) is 36.4 Å². The number of carbonyl (C=O) groups is 2. The maximum atomic E-state index is 12.4. The number of anilines is 1. The molecule has 3 aromatic rings. The number of methoxy groups -OCH3 is 1. The fourth-order valence-corrected chi connectivity index (χ4v) is 3.40. The Kier molecular flexibility index (Phi) is 5.14. The molecule has 0 aliphatic carbocycles. The number of nitrogens with zero attached hydrogens (tertiary/aromatic N) is 1. The third kappa shape index (κ3) is 4.23. The minimum Gasteiger partial charge on any atom is -0.497 e. The van der Waals surface area contributed by atoms with Gasteiger partial charge in [0.1, 0.15) is 11.5 Å². The van der Waals surface area contributed by atoms with Crippen molar-refractivity contribution < 1.29 is 32.2 Å². The first-order valence-electron chi connectivity index (χ1n) is 9.24. The molecule has 0 saturated carbocycles. The molecule has 0 spiro atoms. The van der Waals surface area contributed by atoms with E-state index in [1.54, 1.807) is 7.11 Å². The molecule has 0 fully saturated rings. The van der Waals surface area contributed by atoms with Gasteiger partial charge in [-0.05, 0) is 47.0 Å². The first-order chi connectivity index (χ1) is 14.7. The highest BCUT2D eigenvalue weighted by molar-refractivity contribution is 6.52. The summed E-state index contributed by atoms with van der Waals surface area (Å²) in [5.41, 5.74) is 2.86. The Hall–Kier alpha value is -3.81. The first kappa shape index (κ1) is 20.5. The average molecular weight is 427 g/mol. The Morgan fingerprint density at radius 2 is 1.42 bits per heavy atom. The molecule has 158 valence electrons. The molecular formula is C23H16F3NO4. The van der Waals surface area contributed by atoms with Crippen LogP contribution in [0.5, 0.6) is 11.5 Å². The monoisotopic (exact) mass is 427 g/mol. The minimum absolute atomic E-state index is 0.110. The number of halogens is 3. The molecule has 0 N–H and O–H groups in total. The van der Waals surface area contributed by atoms with Crippen molar-refractivity contribution in [2.45, 2.75) is 12.9 Å². The zero-order valence-electron chi connectivity index (χ0n) is 16.3. The Labute approximate surface area is 175 Å². The number of carbonyl (C=O) groups excluding carboxylic acids is 2. The van der Waals surface area contributed by atoms with Gasteiger partial charge in [0.05, 0.1) is 24.9 Å². The van der Waals surface area contributed by atoms with Crippen LogP contribution in [0.1, 0.15) is 15.9 Å². The van der Waals surface area contributed by atoms with Gasteiger partial charge in [-0.2, -0.15) is 0 Å². The van der Waals surface area contributed by atoms with E-state index >= 15 is 0 Å². The smallest absolute Gasteiger partial charge is 0.497 e. The van der Waals surface area contributed by atoms with Crippen molar-refractivity contribution in [3.63, 3.8) is 0 Å². The zero-order valence-corrected chi connectivity index (χ0v) is 16.3. The van der Waals surface area contributed by atoms with Crippen LogP contribution in [0, 0.1) is 0 Å². The van der Waals surface area contributed by atoms with Gasteiger partial charge in [-0.3, -0.25) is 9.59 Å². The summed E-state index contributed by atoms with van der Waals surface area (Å²) in [5, 5.41) is 0. The summed E-state index contributed by atoms with van der Waals surface area (Å²) < 4.78 is 46.3. The highest BCUT2D eigenvalue weighted by atomic mass is 19.4. The van der Waals surface area contributed by atoms with Gasteiger partial charge in [0.2, 0.25) is 0 Å². The van der Waals surface area contributed by atoms with Crippen LogP contribution in [0.3, 0.4) is 0 Å². The van der Waals surface area contributed by atoms with Gasteiger partial charge in [0, 0.05) is 0 Å². The lowest BCUT2D eigenvalue weighted by Crippen LogP contribution is -2.29. The summed E-state index contributed by atoms with van der Waals surface area (Å²) in [4.78, 5) is 25.9. The van der Waals surface area contributed by atoms with E-state index in [2.05, 4.69) is 4.74 Å². The van der Waals surface area contributed by atoms with Crippen LogP contribution < -0.4 is 14.4 Å². The molecule has 3 aromatic carbocycles. The number of rotatable bonds is 5. The quantitative estimate of drug-likeness (QED) is 0.539. The van der Waals surface area contributed by atoms with Gasteiger partial charge in [0.15, 0.2) is 0 Å². The lowest BCUT2D eigenvalue weighted by Gasteiger charge is -2.17. The lowest BCUT2D eigenvalue weighted by atomic mass is 10.0. The second-order valence-electron chi connectivity index (χ2n) is 6.87. The molecule has 0 atom stereocenters. The summed E-state index contributed by atoms with van der Waals surface area (Å²) in [6.45, 7) is 0.111. The van der Waals surface area contributed by atoms with Gasteiger partial charge in [0.25, 0.3) is 11.7 Å². The summed E-state index contributed by atoms with van der Waals surface area (Å²) in [5.74, 6) is -1.45.